The smallest absolute Gasteiger partial charge is 0.320 e. The zero-order valence-corrected chi connectivity index (χ0v) is 17.7. The van der Waals surface area contributed by atoms with Gasteiger partial charge in [-0.05, 0) is 42.7 Å². The lowest BCUT2D eigenvalue weighted by Gasteiger charge is -2.33. The van der Waals surface area contributed by atoms with E-state index < -0.39 is 12.0 Å². The van der Waals surface area contributed by atoms with Crippen molar-refractivity contribution in [1.29, 1.82) is 5.26 Å². The number of nitriles is 1. The summed E-state index contributed by atoms with van der Waals surface area (Å²) in [5, 5.41) is 19.8. The second-order valence-electron chi connectivity index (χ2n) is 7.19. The quantitative estimate of drug-likeness (QED) is 0.680. The van der Waals surface area contributed by atoms with E-state index in [2.05, 4.69) is 11.0 Å². The van der Waals surface area contributed by atoms with Crippen molar-refractivity contribution >= 4 is 34.9 Å². The first kappa shape index (κ1) is 21.4. The highest BCUT2D eigenvalue weighted by Gasteiger charge is 2.34. The van der Waals surface area contributed by atoms with Crippen LogP contribution in [0, 0.1) is 11.3 Å². The first-order valence-corrected chi connectivity index (χ1v) is 10.4. The van der Waals surface area contributed by atoms with Crippen LogP contribution in [0.3, 0.4) is 0 Å². The first-order valence-electron chi connectivity index (χ1n) is 9.61. The number of carbonyl (C=O) groups is 1. The molecule has 1 N–H and O–H groups in total. The van der Waals surface area contributed by atoms with E-state index in [1.807, 2.05) is 42.2 Å². The van der Waals surface area contributed by atoms with Gasteiger partial charge in [0, 0.05) is 36.4 Å². The molecule has 0 amide bonds. The molecule has 0 radical (unpaired) electrons. The van der Waals surface area contributed by atoms with Crippen LogP contribution in [-0.4, -0.2) is 41.1 Å². The van der Waals surface area contributed by atoms with Crippen LogP contribution in [0.25, 0.3) is 0 Å². The third-order valence-corrected chi connectivity index (χ3v) is 6.13. The normalized spacial score (nSPS) is 17.7. The third kappa shape index (κ3) is 4.84. The topological polar surface area (TPSA) is 67.6 Å². The number of carboxylic acids is 1. The van der Waals surface area contributed by atoms with Gasteiger partial charge in [-0.25, -0.2) is 0 Å². The largest absolute Gasteiger partial charge is 0.480 e. The van der Waals surface area contributed by atoms with Crippen LogP contribution < -0.4 is 4.90 Å². The Hall–Kier alpha value is -2.26. The lowest BCUT2D eigenvalue weighted by Crippen LogP contribution is -2.43. The van der Waals surface area contributed by atoms with Gasteiger partial charge in [0.2, 0.25) is 0 Å². The van der Waals surface area contributed by atoms with Gasteiger partial charge in [-0.1, -0.05) is 48.3 Å². The molecule has 0 bridgehead atoms. The van der Waals surface area contributed by atoms with Crippen molar-refractivity contribution in [3.05, 3.63) is 63.6 Å². The molecule has 1 heterocycles. The Balaban J connectivity index is 1.91. The molecule has 0 aromatic heterocycles. The fraction of sp³-hybridized carbons (Fsp3) is 0.364. The Morgan fingerprint density at radius 1 is 1.31 bits per heavy atom. The molecule has 0 spiro atoms. The molecule has 7 heteroatoms. The molecule has 1 aliphatic heterocycles. The first-order chi connectivity index (χ1) is 13.9. The number of likely N-dealkylation sites (tertiary alicyclic amines) is 1. The maximum absolute atomic E-state index is 11.6. The molecule has 1 fully saturated rings. The van der Waals surface area contributed by atoms with Crippen LogP contribution in [0.5, 0.6) is 0 Å². The minimum Gasteiger partial charge on any atom is -0.480 e. The van der Waals surface area contributed by atoms with Crippen LogP contribution in [0.2, 0.25) is 10.0 Å². The van der Waals surface area contributed by atoms with E-state index in [9.17, 15) is 15.2 Å². The van der Waals surface area contributed by atoms with Gasteiger partial charge in [-0.15, -0.1) is 0 Å². The molecule has 2 aromatic carbocycles. The SMILES string of the molecule is CCC(C(=O)O)N1CC[C@H](N(Cc2ccccc2Cl)c2ccc(C#N)c(Cl)c2)C1. The molecule has 1 aliphatic rings. The number of rotatable bonds is 7. The van der Waals surface area contributed by atoms with E-state index >= 15 is 0 Å². The van der Waals surface area contributed by atoms with Gasteiger partial charge in [-0.3, -0.25) is 9.69 Å². The van der Waals surface area contributed by atoms with Crippen molar-refractivity contribution in [2.24, 2.45) is 0 Å². The third-order valence-electron chi connectivity index (χ3n) is 5.45. The summed E-state index contributed by atoms with van der Waals surface area (Å²) >= 11 is 12.7. The number of nitrogens with zero attached hydrogens (tertiary/aromatic N) is 3. The van der Waals surface area contributed by atoms with Crippen LogP contribution in [0.4, 0.5) is 5.69 Å². The maximum Gasteiger partial charge on any atom is 0.320 e. The average Bonchev–Trinajstić information content (AvgIpc) is 3.17. The van der Waals surface area contributed by atoms with Gasteiger partial charge < -0.3 is 10.0 Å². The number of anilines is 1. The summed E-state index contributed by atoms with van der Waals surface area (Å²) < 4.78 is 0. The number of hydrogen-bond donors (Lipinski definition) is 1. The van der Waals surface area contributed by atoms with E-state index in [1.54, 1.807) is 12.1 Å². The Bertz CT molecular complexity index is 929. The van der Waals surface area contributed by atoms with Gasteiger partial charge in [-0.2, -0.15) is 5.26 Å². The van der Waals surface area contributed by atoms with Crippen molar-refractivity contribution < 1.29 is 9.90 Å². The van der Waals surface area contributed by atoms with Crippen LogP contribution in [-0.2, 0) is 11.3 Å². The van der Waals surface area contributed by atoms with Crippen molar-refractivity contribution in [3.63, 3.8) is 0 Å². The minimum absolute atomic E-state index is 0.115. The summed E-state index contributed by atoms with van der Waals surface area (Å²) in [4.78, 5) is 15.8. The summed E-state index contributed by atoms with van der Waals surface area (Å²) in [6.07, 6.45) is 1.40. The van der Waals surface area contributed by atoms with E-state index in [4.69, 9.17) is 23.2 Å². The van der Waals surface area contributed by atoms with Gasteiger partial charge in [0.15, 0.2) is 0 Å². The minimum atomic E-state index is -0.785. The number of benzene rings is 2. The highest BCUT2D eigenvalue weighted by Crippen LogP contribution is 2.31. The van der Waals surface area contributed by atoms with Crippen molar-refractivity contribution in [3.8, 4) is 6.07 Å². The van der Waals surface area contributed by atoms with Crippen molar-refractivity contribution in [2.75, 3.05) is 18.0 Å². The summed E-state index contributed by atoms with van der Waals surface area (Å²) in [5.74, 6) is -0.785. The second kappa shape index (κ2) is 9.49. The second-order valence-corrected chi connectivity index (χ2v) is 8.01. The predicted molar refractivity (Wildman–Crippen MR) is 115 cm³/mol. The fourth-order valence-corrected chi connectivity index (χ4v) is 4.32. The van der Waals surface area contributed by atoms with E-state index in [1.165, 1.54) is 0 Å². The van der Waals surface area contributed by atoms with Crippen LogP contribution in [0.15, 0.2) is 42.5 Å². The fourth-order valence-electron chi connectivity index (χ4n) is 3.91. The Kier molecular flexibility index (Phi) is 7.02. The van der Waals surface area contributed by atoms with Gasteiger partial charge in [0.25, 0.3) is 0 Å². The van der Waals surface area contributed by atoms with Gasteiger partial charge >= 0.3 is 5.97 Å². The number of hydrogen-bond acceptors (Lipinski definition) is 4. The van der Waals surface area contributed by atoms with E-state index in [0.717, 1.165) is 24.2 Å². The lowest BCUT2D eigenvalue weighted by atomic mass is 10.1. The van der Waals surface area contributed by atoms with Crippen LogP contribution in [0.1, 0.15) is 30.9 Å². The Morgan fingerprint density at radius 3 is 2.69 bits per heavy atom. The van der Waals surface area contributed by atoms with Gasteiger partial charge in [0.1, 0.15) is 12.1 Å². The predicted octanol–water partition coefficient (Wildman–Crippen LogP) is 4.81. The van der Waals surface area contributed by atoms with Crippen molar-refractivity contribution in [1.82, 2.24) is 4.90 Å². The summed E-state index contributed by atoms with van der Waals surface area (Å²) in [6.45, 7) is 3.84. The highest BCUT2D eigenvalue weighted by molar-refractivity contribution is 6.32. The summed E-state index contributed by atoms with van der Waals surface area (Å²) in [6, 6.07) is 14.8. The number of halogens is 2. The molecule has 2 atom stereocenters. The summed E-state index contributed by atoms with van der Waals surface area (Å²) in [5.41, 5.74) is 2.31. The molecule has 0 saturated carbocycles. The average molecular weight is 432 g/mol. The van der Waals surface area contributed by atoms with Crippen molar-refractivity contribution in [2.45, 2.75) is 38.4 Å². The molecular formula is C22H23Cl2N3O2. The standard InChI is InChI=1S/C22H23Cl2N3O2/c1-2-21(22(28)29)26-10-9-18(14-26)27(13-16-5-3-4-6-19(16)23)17-8-7-15(12-25)20(24)11-17/h3-8,11,18,21H,2,9-10,13-14H2,1H3,(H,28,29)/t18-,21?/m0/s1. The maximum atomic E-state index is 11.6. The molecule has 29 heavy (non-hydrogen) atoms. The van der Waals surface area contributed by atoms with E-state index in [-0.39, 0.29) is 6.04 Å². The zero-order chi connectivity index (χ0) is 21.0. The molecule has 1 unspecified atom stereocenters. The zero-order valence-electron chi connectivity index (χ0n) is 16.2. The Morgan fingerprint density at radius 2 is 2.07 bits per heavy atom. The molecule has 152 valence electrons. The molecule has 1 saturated heterocycles. The number of aliphatic carboxylic acids is 1. The molecule has 5 nitrogen and oxygen atoms in total. The van der Waals surface area contributed by atoms with Crippen LogP contribution >= 0.6 is 23.2 Å². The monoisotopic (exact) mass is 431 g/mol. The highest BCUT2D eigenvalue weighted by atomic mass is 35.5. The van der Waals surface area contributed by atoms with E-state index in [0.29, 0.717) is 35.1 Å². The molecule has 2 aromatic rings. The molecule has 3 rings (SSSR count). The Labute approximate surface area is 181 Å². The molecule has 0 aliphatic carbocycles. The molecular weight excluding hydrogens is 409 g/mol. The number of carboxylic acid groups (broad SMARTS) is 1. The van der Waals surface area contributed by atoms with Gasteiger partial charge in [0.05, 0.1) is 10.6 Å². The summed E-state index contributed by atoms with van der Waals surface area (Å²) in [7, 11) is 0. The lowest BCUT2D eigenvalue weighted by molar-refractivity contribution is -0.143.